The number of nitrogens with zero attached hydrogens (tertiary/aromatic N) is 1. The van der Waals surface area contributed by atoms with Gasteiger partial charge in [0.25, 0.3) is 0 Å². The highest BCUT2D eigenvalue weighted by Crippen LogP contribution is 2.15. The van der Waals surface area contributed by atoms with E-state index in [0.29, 0.717) is 26.0 Å². The van der Waals surface area contributed by atoms with Crippen molar-refractivity contribution in [2.75, 3.05) is 32.8 Å². The molecule has 294 valence electrons. The van der Waals surface area contributed by atoms with E-state index >= 15 is 0 Å². The van der Waals surface area contributed by atoms with Gasteiger partial charge in [-0.15, -0.1) is 0 Å². The second-order valence-electron chi connectivity index (χ2n) is 14.4. The highest BCUT2D eigenvalue weighted by molar-refractivity contribution is 5.69. The summed E-state index contributed by atoms with van der Waals surface area (Å²) in [5.41, 5.74) is 0. The maximum atomic E-state index is 12.6. The molecule has 1 N–H and O–H groups in total. The summed E-state index contributed by atoms with van der Waals surface area (Å²) in [6, 6.07) is 0. The first-order chi connectivity index (χ1) is 24.6. The Morgan fingerprint density at radius 3 is 1.50 bits per heavy atom. The number of hydrogen-bond acceptors (Lipinski definition) is 6. The topological polar surface area (TPSA) is 76.1 Å². The van der Waals surface area contributed by atoms with Gasteiger partial charge in [-0.05, 0) is 83.7 Å². The third-order valence-electron chi connectivity index (χ3n) is 9.53. The molecular weight excluding hydrogens is 622 g/mol. The van der Waals surface area contributed by atoms with E-state index in [1.54, 1.807) is 0 Å². The lowest BCUT2D eigenvalue weighted by molar-refractivity contribution is -0.150. The number of unbranched alkanes of at least 4 members (excludes halogenated alkanes) is 18. The van der Waals surface area contributed by atoms with E-state index in [-0.39, 0.29) is 24.6 Å². The summed E-state index contributed by atoms with van der Waals surface area (Å²) in [6.45, 7) is 10.1. The van der Waals surface area contributed by atoms with E-state index in [9.17, 15) is 14.7 Å². The molecule has 0 spiro atoms. The van der Waals surface area contributed by atoms with Gasteiger partial charge in [-0.3, -0.25) is 9.59 Å². The van der Waals surface area contributed by atoms with E-state index in [4.69, 9.17) is 9.47 Å². The molecule has 0 saturated carbocycles. The van der Waals surface area contributed by atoms with Crippen LogP contribution in [0, 0.1) is 0 Å². The zero-order chi connectivity index (χ0) is 36.6. The fraction of sp³-hybridized carbons (Fsp3) is 0.864. The Kier molecular flexibility index (Phi) is 38.8. The zero-order valence-electron chi connectivity index (χ0n) is 33.5. The van der Waals surface area contributed by atoms with Crippen molar-refractivity contribution >= 4 is 11.9 Å². The number of aliphatic hydroxyl groups is 1. The monoisotopic (exact) mass is 706 g/mol. The number of ether oxygens (including phenoxy) is 2. The number of carbonyl (C=O) groups is 2. The van der Waals surface area contributed by atoms with E-state index in [1.807, 2.05) is 0 Å². The number of aliphatic hydroxyl groups excluding tert-OH is 1. The quantitative estimate of drug-likeness (QED) is 0.0390. The summed E-state index contributed by atoms with van der Waals surface area (Å²) in [7, 11) is 0. The van der Waals surface area contributed by atoms with Crippen molar-refractivity contribution in [3.8, 4) is 0 Å². The van der Waals surface area contributed by atoms with Crippen molar-refractivity contribution in [1.29, 1.82) is 0 Å². The van der Waals surface area contributed by atoms with E-state index < -0.39 is 0 Å². The number of rotatable bonds is 39. The molecule has 0 amide bonds. The van der Waals surface area contributed by atoms with Gasteiger partial charge in [-0.25, -0.2) is 0 Å². The lowest BCUT2D eigenvalue weighted by Gasteiger charge is -2.21. The van der Waals surface area contributed by atoms with Gasteiger partial charge >= 0.3 is 11.9 Å². The van der Waals surface area contributed by atoms with Crippen molar-refractivity contribution in [1.82, 2.24) is 4.90 Å². The van der Waals surface area contributed by atoms with Crippen LogP contribution in [0.15, 0.2) is 24.3 Å². The first-order valence-electron chi connectivity index (χ1n) is 21.6. The summed E-state index contributed by atoms with van der Waals surface area (Å²) in [6.07, 6.45) is 40.7. The third kappa shape index (κ3) is 36.1. The highest BCUT2D eigenvalue weighted by Gasteiger charge is 2.13. The molecule has 0 saturated heterocycles. The molecule has 0 bridgehead atoms. The summed E-state index contributed by atoms with van der Waals surface area (Å²) >= 11 is 0. The summed E-state index contributed by atoms with van der Waals surface area (Å²) < 4.78 is 11.4. The average molecular weight is 706 g/mol. The highest BCUT2D eigenvalue weighted by atomic mass is 16.5. The molecule has 0 aliphatic carbocycles. The Labute approximate surface area is 310 Å². The van der Waals surface area contributed by atoms with Crippen LogP contribution in [0.2, 0.25) is 0 Å². The minimum Gasteiger partial charge on any atom is -0.466 e. The Balaban J connectivity index is 4.01. The van der Waals surface area contributed by atoms with E-state index in [2.05, 4.69) is 50.0 Å². The minimum atomic E-state index is -0.0546. The molecule has 0 rings (SSSR count). The first kappa shape index (κ1) is 48.3. The fourth-order valence-corrected chi connectivity index (χ4v) is 6.25. The minimum absolute atomic E-state index is 0.00912. The van der Waals surface area contributed by atoms with Crippen LogP contribution in [0.25, 0.3) is 0 Å². The predicted molar refractivity (Wildman–Crippen MR) is 214 cm³/mol. The number of hydrogen-bond donors (Lipinski definition) is 1. The summed E-state index contributed by atoms with van der Waals surface area (Å²) in [4.78, 5) is 27.1. The van der Waals surface area contributed by atoms with Gasteiger partial charge in [0.15, 0.2) is 0 Å². The van der Waals surface area contributed by atoms with Gasteiger partial charge in [0.2, 0.25) is 0 Å². The van der Waals surface area contributed by atoms with Crippen LogP contribution < -0.4 is 0 Å². The first-order valence-corrected chi connectivity index (χ1v) is 21.6. The molecule has 0 aliphatic rings. The second kappa shape index (κ2) is 40.1. The molecule has 0 atom stereocenters. The SMILES string of the molecule is CCCCC=CCCC(CCC=CCCCC)OC(=O)CCCCCCCN(CCO)CCCCCC(=O)OCCCCCCCCCCC. The third-order valence-corrected chi connectivity index (χ3v) is 9.53. The van der Waals surface area contributed by atoms with Crippen molar-refractivity contribution < 1.29 is 24.2 Å². The smallest absolute Gasteiger partial charge is 0.306 e. The van der Waals surface area contributed by atoms with E-state index in [1.165, 1.54) is 70.6 Å². The van der Waals surface area contributed by atoms with Crippen LogP contribution >= 0.6 is 0 Å². The van der Waals surface area contributed by atoms with Crippen LogP contribution in [0.5, 0.6) is 0 Å². The van der Waals surface area contributed by atoms with Gasteiger partial charge < -0.3 is 19.5 Å². The number of allylic oxidation sites excluding steroid dienone is 4. The lowest BCUT2D eigenvalue weighted by Crippen LogP contribution is -2.29. The molecule has 0 aromatic carbocycles. The van der Waals surface area contributed by atoms with Gasteiger partial charge in [0.05, 0.1) is 13.2 Å². The molecule has 6 nitrogen and oxygen atoms in total. The van der Waals surface area contributed by atoms with Crippen LogP contribution in [0.1, 0.15) is 207 Å². The van der Waals surface area contributed by atoms with Crippen molar-refractivity contribution in [3.05, 3.63) is 24.3 Å². The second-order valence-corrected chi connectivity index (χ2v) is 14.4. The molecule has 0 fully saturated rings. The summed E-state index contributed by atoms with van der Waals surface area (Å²) in [5, 5.41) is 9.52. The Bertz CT molecular complexity index is 760. The molecule has 50 heavy (non-hydrogen) atoms. The number of esters is 2. The molecule has 0 aromatic heterocycles. The van der Waals surface area contributed by atoms with E-state index in [0.717, 1.165) is 116 Å². The largest absolute Gasteiger partial charge is 0.466 e. The summed E-state index contributed by atoms with van der Waals surface area (Å²) in [5.74, 6) is -0.0952. The average Bonchev–Trinajstić information content (AvgIpc) is 3.11. The molecule has 0 aliphatic heterocycles. The van der Waals surface area contributed by atoms with Crippen molar-refractivity contribution in [2.24, 2.45) is 0 Å². The van der Waals surface area contributed by atoms with Crippen LogP contribution in [0.4, 0.5) is 0 Å². The Morgan fingerprint density at radius 2 is 0.960 bits per heavy atom. The van der Waals surface area contributed by atoms with Gasteiger partial charge in [0, 0.05) is 19.4 Å². The van der Waals surface area contributed by atoms with Gasteiger partial charge in [0.1, 0.15) is 6.10 Å². The maximum absolute atomic E-state index is 12.6. The molecule has 0 unspecified atom stereocenters. The molecule has 0 aromatic rings. The predicted octanol–water partition coefficient (Wildman–Crippen LogP) is 12.2. The molecular formula is C44H83NO5. The van der Waals surface area contributed by atoms with Crippen molar-refractivity contribution in [3.63, 3.8) is 0 Å². The number of carbonyl (C=O) groups excluding carboxylic acids is 2. The van der Waals surface area contributed by atoms with Gasteiger partial charge in [-0.2, -0.15) is 0 Å². The zero-order valence-corrected chi connectivity index (χ0v) is 33.5. The van der Waals surface area contributed by atoms with Crippen LogP contribution in [-0.2, 0) is 19.1 Å². The lowest BCUT2D eigenvalue weighted by atomic mass is 10.1. The standard InChI is InChI=1S/C44H83NO5/c1-4-7-10-13-16-17-18-24-32-41-49-43(47)35-29-25-31-38-45(39-40-46)37-30-23-19-22-28-36-44(48)50-42(33-26-20-14-11-8-5-2)34-27-21-15-12-9-6-3/h14-15,20-21,42,46H,4-13,16-19,22-41H2,1-3H3. The molecule has 0 radical (unpaired) electrons. The van der Waals surface area contributed by atoms with Gasteiger partial charge in [-0.1, -0.05) is 148 Å². The Hall–Kier alpha value is -1.66. The van der Waals surface area contributed by atoms with Crippen molar-refractivity contribution in [2.45, 2.75) is 213 Å². The molecule has 6 heteroatoms. The fourth-order valence-electron chi connectivity index (χ4n) is 6.25. The molecule has 0 heterocycles. The van der Waals surface area contributed by atoms with Crippen LogP contribution in [0.3, 0.4) is 0 Å². The van der Waals surface area contributed by atoms with Crippen LogP contribution in [-0.4, -0.2) is 60.9 Å². The Morgan fingerprint density at radius 1 is 0.520 bits per heavy atom. The maximum Gasteiger partial charge on any atom is 0.306 e. The normalized spacial score (nSPS) is 12.4.